The molecule has 0 aromatic heterocycles. The summed E-state index contributed by atoms with van der Waals surface area (Å²) in [4.78, 5) is 0. The second-order valence-corrected chi connectivity index (χ2v) is 7.46. The van der Waals surface area contributed by atoms with Crippen molar-refractivity contribution >= 4 is 0 Å². The maximum atomic E-state index is 10.6. The van der Waals surface area contributed by atoms with Crippen molar-refractivity contribution < 1.29 is 15.3 Å². The second kappa shape index (κ2) is 8.57. The minimum Gasteiger partial charge on any atom is -0.507 e. The summed E-state index contributed by atoms with van der Waals surface area (Å²) in [6.07, 6.45) is 8.19. The highest BCUT2D eigenvalue weighted by Gasteiger charge is 2.32. The largest absolute Gasteiger partial charge is 0.507 e. The number of unbranched alkanes of at least 4 members (excludes halogenated alkanes) is 2. The molecule has 134 valence electrons. The zero-order valence-corrected chi connectivity index (χ0v) is 15.3. The van der Waals surface area contributed by atoms with E-state index in [0.29, 0.717) is 17.4 Å². The quantitative estimate of drug-likeness (QED) is 0.492. The summed E-state index contributed by atoms with van der Waals surface area (Å²) in [6.45, 7) is 6.58. The van der Waals surface area contributed by atoms with Crippen LogP contribution in [0, 0.1) is 11.8 Å². The van der Waals surface area contributed by atoms with E-state index in [-0.39, 0.29) is 24.0 Å². The molecule has 3 N–H and O–H groups in total. The molecule has 0 aliphatic heterocycles. The van der Waals surface area contributed by atoms with Crippen molar-refractivity contribution in [3.05, 3.63) is 34.9 Å². The molecule has 0 saturated heterocycles. The number of rotatable bonds is 7. The van der Waals surface area contributed by atoms with E-state index >= 15 is 0 Å². The molecule has 0 bridgehead atoms. The van der Waals surface area contributed by atoms with E-state index in [4.69, 9.17) is 0 Å². The van der Waals surface area contributed by atoms with Crippen molar-refractivity contribution in [2.24, 2.45) is 11.8 Å². The van der Waals surface area contributed by atoms with Gasteiger partial charge in [-0.1, -0.05) is 39.7 Å². The van der Waals surface area contributed by atoms with Crippen molar-refractivity contribution in [2.45, 2.75) is 65.2 Å². The highest BCUT2D eigenvalue weighted by Crippen LogP contribution is 2.46. The lowest BCUT2D eigenvalue weighted by Gasteiger charge is -2.34. The summed E-state index contributed by atoms with van der Waals surface area (Å²) in [5.74, 6) is 1.16. The lowest BCUT2D eigenvalue weighted by molar-refractivity contribution is 0.277. The maximum Gasteiger partial charge on any atom is 0.123 e. The van der Waals surface area contributed by atoms with Crippen LogP contribution in [0.3, 0.4) is 0 Å². The molecule has 3 nitrogen and oxygen atoms in total. The van der Waals surface area contributed by atoms with Gasteiger partial charge in [-0.05, 0) is 60.8 Å². The van der Waals surface area contributed by atoms with Crippen LogP contribution in [-0.2, 0) is 6.42 Å². The number of aryl methyl sites for hydroxylation is 1. The average molecular weight is 332 g/mol. The van der Waals surface area contributed by atoms with Gasteiger partial charge < -0.3 is 15.3 Å². The van der Waals surface area contributed by atoms with Crippen molar-refractivity contribution in [2.75, 3.05) is 6.61 Å². The topological polar surface area (TPSA) is 60.7 Å². The van der Waals surface area contributed by atoms with Gasteiger partial charge in [-0.3, -0.25) is 0 Å². The Labute approximate surface area is 146 Å². The van der Waals surface area contributed by atoms with E-state index in [2.05, 4.69) is 26.8 Å². The first-order chi connectivity index (χ1) is 11.5. The van der Waals surface area contributed by atoms with Gasteiger partial charge in [0.2, 0.25) is 0 Å². The summed E-state index contributed by atoms with van der Waals surface area (Å²) in [6, 6.07) is 3.62. The molecule has 24 heavy (non-hydrogen) atoms. The molecule has 2 atom stereocenters. The van der Waals surface area contributed by atoms with Gasteiger partial charge in [0.25, 0.3) is 0 Å². The highest BCUT2D eigenvalue weighted by atomic mass is 16.3. The van der Waals surface area contributed by atoms with E-state index in [0.717, 1.165) is 49.7 Å². The number of allylic oxidation sites excluding steroid dienone is 1. The predicted octanol–water partition coefficient (Wildman–Crippen LogP) is 4.90. The fraction of sp³-hybridized carbons (Fsp3) is 0.619. The molecule has 0 unspecified atom stereocenters. The Morgan fingerprint density at radius 1 is 1.12 bits per heavy atom. The number of phenolic OH excluding ortho intramolecular Hbond substituents is 2. The van der Waals surface area contributed by atoms with Gasteiger partial charge in [0.1, 0.15) is 11.5 Å². The summed E-state index contributed by atoms with van der Waals surface area (Å²) in [7, 11) is 0. The fourth-order valence-electron chi connectivity index (χ4n) is 3.91. The second-order valence-electron chi connectivity index (χ2n) is 7.46. The van der Waals surface area contributed by atoms with Crippen LogP contribution in [0.2, 0.25) is 0 Å². The third kappa shape index (κ3) is 4.32. The average Bonchev–Trinajstić information content (AvgIpc) is 2.54. The number of aliphatic hydroxyl groups is 1. The Balaban J connectivity index is 2.34. The monoisotopic (exact) mass is 332 g/mol. The molecule has 0 radical (unpaired) electrons. The maximum absolute atomic E-state index is 10.6. The zero-order valence-electron chi connectivity index (χ0n) is 15.3. The van der Waals surface area contributed by atoms with E-state index < -0.39 is 0 Å². The predicted molar refractivity (Wildman–Crippen MR) is 98.5 cm³/mol. The van der Waals surface area contributed by atoms with Gasteiger partial charge in [-0.25, -0.2) is 0 Å². The van der Waals surface area contributed by atoms with Gasteiger partial charge in [-0.2, -0.15) is 0 Å². The first kappa shape index (κ1) is 18.9. The van der Waals surface area contributed by atoms with Gasteiger partial charge in [-0.15, -0.1) is 0 Å². The minimum absolute atomic E-state index is 0.0365. The molecular formula is C21H32O3. The molecule has 1 aromatic rings. The van der Waals surface area contributed by atoms with Crippen LogP contribution in [0.25, 0.3) is 0 Å². The standard InChI is InChI=1S/C21H32O3/c1-4-5-6-7-15-11-19(23)21(20(24)12-15)18-10-16(13-22)8-9-17(18)14(2)3/h10-12,14,17-18,22-24H,4-9,13H2,1-3H3/t17-,18+/m0/s1. The molecule has 1 aliphatic rings. The number of hydrogen-bond donors (Lipinski definition) is 3. The molecule has 2 rings (SSSR count). The smallest absolute Gasteiger partial charge is 0.123 e. The van der Waals surface area contributed by atoms with Gasteiger partial charge in [0.05, 0.1) is 6.61 Å². The molecule has 1 aliphatic carbocycles. The van der Waals surface area contributed by atoms with Crippen LogP contribution >= 0.6 is 0 Å². The number of benzene rings is 1. The van der Waals surface area contributed by atoms with Crippen LogP contribution < -0.4 is 0 Å². The van der Waals surface area contributed by atoms with Crippen LogP contribution in [0.5, 0.6) is 11.5 Å². The molecule has 3 heteroatoms. The van der Waals surface area contributed by atoms with Crippen LogP contribution in [0.15, 0.2) is 23.8 Å². The van der Waals surface area contributed by atoms with Gasteiger partial charge in [0.15, 0.2) is 0 Å². The Kier molecular flexibility index (Phi) is 6.73. The summed E-state index contributed by atoms with van der Waals surface area (Å²) >= 11 is 0. The molecule has 0 fully saturated rings. The Bertz CT molecular complexity index is 551. The van der Waals surface area contributed by atoms with Crippen molar-refractivity contribution in [1.82, 2.24) is 0 Å². The summed E-state index contributed by atoms with van der Waals surface area (Å²) in [5.41, 5.74) is 2.62. The summed E-state index contributed by atoms with van der Waals surface area (Å²) in [5, 5.41) is 30.7. The number of hydrogen-bond acceptors (Lipinski definition) is 3. The first-order valence-corrected chi connectivity index (χ1v) is 9.33. The Morgan fingerprint density at radius 3 is 2.33 bits per heavy atom. The number of aliphatic hydroxyl groups excluding tert-OH is 1. The third-order valence-corrected chi connectivity index (χ3v) is 5.33. The van der Waals surface area contributed by atoms with E-state index in [1.54, 1.807) is 0 Å². The van der Waals surface area contributed by atoms with Crippen LogP contribution in [0.1, 0.15) is 69.9 Å². The number of phenols is 2. The van der Waals surface area contributed by atoms with E-state index in [1.807, 2.05) is 12.1 Å². The Morgan fingerprint density at radius 2 is 1.79 bits per heavy atom. The molecule has 1 aromatic carbocycles. The normalized spacial score (nSPS) is 21.1. The molecule has 0 amide bonds. The first-order valence-electron chi connectivity index (χ1n) is 9.33. The zero-order chi connectivity index (χ0) is 17.7. The van der Waals surface area contributed by atoms with Gasteiger partial charge >= 0.3 is 0 Å². The van der Waals surface area contributed by atoms with Crippen molar-refractivity contribution in [1.29, 1.82) is 0 Å². The molecule has 0 heterocycles. The minimum atomic E-state index is -0.0365. The van der Waals surface area contributed by atoms with Crippen LogP contribution in [-0.4, -0.2) is 21.9 Å². The van der Waals surface area contributed by atoms with Gasteiger partial charge in [0, 0.05) is 11.5 Å². The SMILES string of the molecule is CCCCCc1cc(O)c([C@@H]2C=C(CO)CC[C@H]2C(C)C)c(O)c1. The van der Waals surface area contributed by atoms with Crippen LogP contribution in [0.4, 0.5) is 0 Å². The van der Waals surface area contributed by atoms with E-state index in [9.17, 15) is 15.3 Å². The summed E-state index contributed by atoms with van der Waals surface area (Å²) < 4.78 is 0. The lowest BCUT2D eigenvalue weighted by Crippen LogP contribution is -2.22. The van der Waals surface area contributed by atoms with E-state index in [1.165, 1.54) is 0 Å². The number of aromatic hydroxyl groups is 2. The fourth-order valence-corrected chi connectivity index (χ4v) is 3.91. The van der Waals surface area contributed by atoms with Crippen molar-refractivity contribution in [3.8, 4) is 11.5 Å². The van der Waals surface area contributed by atoms with Crippen molar-refractivity contribution in [3.63, 3.8) is 0 Å². The third-order valence-electron chi connectivity index (χ3n) is 5.33. The highest BCUT2D eigenvalue weighted by molar-refractivity contribution is 5.51. The Hall–Kier alpha value is -1.48. The molecular weight excluding hydrogens is 300 g/mol. The lowest BCUT2D eigenvalue weighted by atomic mass is 9.71. The molecule has 0 spiro atoms. The molecule has 0 saturated carbocycles.